The van der Waals surface area contributed by atoms with Crippen molar-refractivity contribution in [3.63, 3.8) is 0 Å². The molecule has 3 rings (SSSR count). The Morgan fingerprint density at radius 3 is 2.64 bits per heavy atom. The Morgan fingerprint density at radius 2 is 1.92 bits per heavy atom. The Kier molecular flexibility index (Phi) is 4.52. The molecule has 0 saturated heterocycles. The number of aromatic nitrogens is 1. The number of carbonyl (C=O) groups is 2. The van der Waals surface area contributed by atoms with Crippen LogP contribution < -0.4 is 4.74 Å². The predicted octanol–water partition coefficient (Wildman–Crippen LogP) is 3.66. The number of nitrogens with one attached hydrogen (secondary N) is 1. The molecule has 0 radical (unpaired) electrons. The van der Waals surface area contributed by atoms with Crippen molar-refractivity contribution >= 4 is 22.7 Å². The highest BCUT2D eigenvalue weighted by Gasteiger charge is 2.18. The zero-order valence-electron chi connectivity index (χ0n) is 13.8. The van der Waals surface area contributed by atoms with Crippen LogP contribution in [0.2, 0.25) is 0 Å². The summed E-state index contributed by atoms with van der Waals surface area (Å²) in [7, 11) is 1.33. The molecule has 0 saturated carbocycles. The van der Waals surface area contributed by atoms with E-state index < -0.39 is 18.4 Å². The van der Waals surface area contributed by atoms with Crippen LogP contribution in [0.1, 0.15) is 26.4 Å². The standard InChI is InChI=1S/C19H16FNO4/c1-11-18(13-5-3-4-6-15(13)21-11)16(22)10-25-19(23)12-7-8-17(24-2)14(20)9-12/h3-9,21H,10H2,1-2H3. The number of para-hydroxylation sites is 1. The van der Waals surface area contributed by atoms with Gasteiger partial charge in [0.25, 0.3) is 0 Å². The summed E-state index contributed by atoms with van der Waals surface area (Å²) >= 11 is 0. The van der Waals surface area contributed by atoms with Crippen LogP contribution in [-0.4, -0.2) is 30.5 Å². The van der Waals surface area contributed by atoms with Gasteiger partial charge in [-0.2, -0.15) is 0 Å². The first-order chi connectivity index (χ1) is 12.0. The molecule has 0 fully saturated rings. The van der Waals surface area contributed by atoms with E-state index in [2.05, 4.69) is 4.98 Å². The van der Waals surface area contributed by atoms with Crippen LogP contribution in [0.3, 0.4) is 0 Å². The number of H-pyrrole nitrogens is 1. The minimum absolute atomic E-state index is 0.0155. The highest BCUT2D eigenvalue weighted by molar-refractivity contribution is 6.10. The van der Waals surface area contributed by atoms with Crippen molar-refractivity contribution in [3.8, 4) is 5.75 Å². The van der Waals surface area contributed by atoms with E-state index >= 15 is 0 Å². The van der Waals surface area contributed by atoms with Crippen LogP contribution in [0.5, 0.6) is 5.75 Å². The Hall–Kier alpha value is -3.15. The van der Waals surface area contributed by atoms with Gasteiger partial charge >= 0.3 is 5.97 Å². The number of hydrogen-bond acceptors (Lipinski definition) is 4. The maximum Gasteiger partial charge on any atom is 0.338 e. The molecule has 0 atom stereocenters. The van der Waals surface area contributed by atoms with E-state index in [0.717, 1.165) is 17.0 Å². The monoisotopic (exact) mass is 341 g/mol. The number of rotatable bonds is 5. The van der Waals surface area contributed by atoms with Crippen LogP contribution >= 0.6 is 0 Å². The zero-order valence-corrected chi connectivity index (χ0v) is 13.8. The lowest BCUT2D eigenvalue weighted by Crippen LogP contribution is -2.15. The molecule has 0 aliphatic rings. The SMILES string of the molecule is COc1ccc(C(=O)OCC(=O)c2c(C)[nH]c3ccccc23)cc1F. The molecule has 3 aromatic rings. The normalized spacial score (nSPS) is 10.7. The van der Waals surface area contributed by atoms with E-state index in [1.807, 2.05) is 24.3 Å². The highest BCUT2D eigenvalue weighted by atomic mass is 19.1. The van der Waals surface area contributed by atoms with Crippen LogP contribution in [0, 0.1) is 12.7 Å². The van der Waals surface area contributed by atoms with Crippen LogP contribution in [-0.2, 0) is 4.74 Å². The van der Waals surface area contributed by atoms with Gasteiger partial charge in [0.2, 0.25) is 5.78 Å². The summed E-state index contributed by atoms with van der Waals surface area (Å²) in [5, 5.41) is 0.775. The first kappa shape index (κ1) is 16.7. The molecule has 6 heteroatoms. The number of aryl methyl sites for hydroxylation is 1. The molecule has 25 heavy (non-hydrogen) atoms. The van der Waals surface area contributed by atoms with Crippen molar-refractivity contribution in [2.24, 2.45) is 0 Å². The Labute approximate surface area is 143 Å². The van der Waals surface area contributed by atoms with Crippen molar-refractivity contribution in [3.05, 3.63) is 65.1 Å². The van der Waals surface area contributed by atoms with E-state index in [1.54, 1.807) is 6.92 Å². The average molecular weight is 341 g/mol. The Balaban J connectivity index is 1.74. The molecular weight excluding hydrogens is 325 g/mol. The van der Waals surface area contributed by atoms with E-state index in [-0.39, 0.29) is 17.1 Å². The van der Waals surface area contributed by atoms with Crippen molar-refractivity contribution in [2.45, 2.75) is 6.92 Å². The Bertz CT molecular complexity index is 961. The van der Waals surface area contributed by atoms with Crippen LogP contribution in [0.25, 0.3) is 10.9 Å². The molecule has 2 aromatic carbocycles. The lowest BCUT2D eigenvalue weighted by molar-refractivity contribution is 0.0474. The fourth-order valence-corrected chi connectivity index (χ4v) is 2.72. The predicted molar refractivity (Wildman–Crippen MR) is 90.6 cm³/mol. The first-order valence-electron chi connectivity index (χ1n) is 7.62. The van der Waals surface area contributed by atoms with Crippen molar-refractivity contribution < 1.29 is 23.5 Å². The summed E-state index contributed by atoms with van der Waals surface area (Å²) in [6.07, 6.45) is 0. The molecular formula is C19H16FNO4. The van der Waals surface area contributed by atoms with Crippen LogP contribution in [0.15, 0.2) is 42.5 Å². The first-order valence-corrected chi connectivity index (χ1v) is 7.62. The zero-order chi connectivity index (χ0) is 18.0. The number of ether oxygens (including phenoxy) is 2. The summed E-state index contributed by atoms with van der Waals surface area (Å²) in [5.74, 6) is -1.73. The summed E-state index contributed by atoms with van der Waals surface area (Å²) in [6, 6.07) is 11.1. The fraction of sp³-hybridized carbons (Fsp3) is 0.158. The maximum atomic E-state index is 13.7. The molecule has 1 N–H and O–H groups in total. The second-order valence-electron chi connectivity index (χ2n) is 5.52. The van der Waals surface area contributed by atoms with Gasteiger partial charge in [0.15, 0.2) is 18.2 Å². The summed E-state index contributed by atoms with van der Waals surface area (Å²) in [6.45, 7) is 1.36. The van der Waals surface area contributed by atoms with Gasteiger partial charge in [0.1, 0.15) is 0 Å². The number of carbonyl (C=O) groups excluding carboxylic acids is 2. The van der Waals surface area contributed by atoms with E-state index in [4.69, 9.17) is 9.47 Å². The molecule has 128 valence electrons. The maximum absolute atomic E-state index is 13.7. The van der Waals surface area contributed by atoms with Crippen molar-refractivity contribution in [2.75, 3.05) is 13.7 Å². The fourth-order valence-electron chi connectivity index (χ4n) is 2.72. The third-order valence-corrected chi connectivity index (χ3v) is 3.89. The largest absolute Gasteiger partial charge is 0.494 e. The van der Waals surface area contributed by atoms with E-state index in [1.165, 1.54) is 19.2 Å². The third-order valence-electron chi connectivity index (χ3n) is 3.89. The Morgan fingerprint density at radius 1 is 1.16 bits per heavy atom. The molecule has 1 aromatic heterocycles. The number of aromatic amines is 1. The molecule has 0 bridgehead atoms. The number of Topliss-reactive ketones (excluding diaryl/α,β-unsaturated/α-hetero) is 1. The third kappa shape index (κ3) is 3.24. The van der Waals surface area contributed by atoms with Gasteiger partial charge < -0.3 is 14.5 Å². The van der Waals surface area contributed by atoms with Gasteiger partial charge in [0, 0.05) is 22.2 Å². The van der Waals surface area contributed by atoms with Gasteiger partial charge in [0.05, 0.1) is 12.7 Å². The van der Waals surface area contributed by atoms with E-state index in [9.17, 15) is 14.0 Å². The summed E-state index contributed by atoms with van der Waals surface area (Å²) in [4.78, 5) is 27.6. The molecule has 0 unspecified atom stereocenters. The molecule has 1 heterocycles. The second-order valence-corrected chi connectivity index (χ2v) is 5.52. The number of fused-ring (bicyclic) bond motifs is 1. The van der Waals surface area contributed by atoms with Gasteiger partial charge in [-0.25, -0.2) is 9.18 Å². The molecule has 0 aliphatic heterocycles. The molecule has 0 amide bonds. The van der Waals surface area contributed by atoms with E-state index in [0.29, 0.717) is 11.3 Å². The highest BCUT2D eigenvalue weighted by Crippen LogP contribution is 2.23. The van der Waals surface area contributed by atoms with Crippen molar-refractivity contribution in [1.82, 2.24) is 4.98 Å². The minimum atomic E-state index is -0.771. The number of esters is 1. The summed E-state index contributed by atoms with van der Waals surface area (Å²) in [5.41, 5.74) is 2.05. The number of benzene rings is 2. The van der Waals surface area contributed by atoms with Gasteiger partial charge in [-0.1, -0.05) is 18.2 Å². The quantitative estimate of drug-likeness (QED) is 0.568. The average Bonchev–Trinajstić information content (AvgIpc) is 2.95. The topological polar surface area (TPSA) is 68.4 Å². The van der Waals surface area contributed by atoms with Gasteiger partial charge in [-0.15, -0.1) is 0 Å². The second kappa shape index (κ2) is 6.76. The summed E-state index contributed by atoms with van der Waals surface area (Å²) < 4.78 is 23.5. The van der Waals surface area contributed by atoms with Crippen LogP contribution in [0.4, 0.5) is 4.39 Å². The van der Waals surface area contributed by atoms with Gasteiger partial charge in [-0.05, 0) is 31.2 Å². The lowest BCUT2D eigenvalue weighted by atomic mass is 10.1. The minimum Gasteiger partial charge on any atom is -0.494 e. The van der Waals surface area contributed by atoms with Crippen molar-refractivity contribution in [1.29, 1.82) is 0 Å². The smallest absolute Gasteiger partial charge is 0.338 e. The molecule has 0 spiro atoms. The molecule has 0 aliphatic carbocycles. The van der Waals surface area contributed by atoms with Gasteiger partial charge in [-0.3, -0.25) is 4.79 Å². The molecule has 5 nitrogen and oxygen atoms in total. The number of methoxy groups -OCH3 is 1. The number of ketones is 1. The number of halogens is 1. The number of hydrogen-bond donors (Lipinski definition) is 1. The lowest BCUT2D eigenvalue weighted by Gasteiger charge is -2.06.